The Labute approximate surface area is 120 Å². The lowest BCUT2D eigenvalue weighted by Crippen LogP contribution is -1.85. The highest BCUT2D eigenvalue weighted by atomic mass is 14.9. The average molecular weight is 263 g/mol. The Morgan fingerprint density at radius 3 is 2.05 bits per heavy atom. The van der Waals surface area contributed by atoms with Crippen LogP contribution in [0.3, 0.4) is 0 Å². The molecule has 0 aliphatic carbocycles. The van der Waals surface area contributed by atoms with E-state index in [2.05, 4.69) is 72.3 Å². The smallest absolute Gasteiger partial charge is 0.0534 e. The molecule has 20 heavy (non-hydrogen) atoms. The molecule has 1 heteroatoms. The predicted octanol–water partition coefficient (Wildman–Crippen LogP) is 5.85. The van der Waals surface area contributed by atoms with Gasteiger partial charge in [-0.2, -0.15) is 0 Å². The molecular weight excluding hydrogens is 242 g/mol. The van der Waals surface area contributed by atoms with Crippen LogP contribution in [0.5, 0.6) is 0 Å². The number of unbranched alkanes of at least 4 members (excludes halogenated alkanes) is 3. The molecule has 2 aromatic carbocycles. The lowest BCUT2D eigenvalue weighted by molar-refractivity contribution is 0.729. The molecule has 0 amide bonds. The minimum atomic E-state index is 1.16. The van der Waals surface area contributed by atoms with Gasteiger partial charge in [-0.25, -0.2) is 0 Å². The van der Waals surface area contributed by atoms with Crippen molar-refractivity contribution in [3.63, 3.8) is 0 Å². The maximum atomic E-state index is 2.32. The number of rotatable bonds is 5. The van der Waals surface area contributed by atoms with E-state index < -0.39 is 0 Å². The molecule has 0 N–H and O–H groups in total. The number of hydrogen-bond acceptors (Lipinski definition) is 0. The zero-order valence-corrected chi connectivity index (χ0v) is 12.0. The molecule has 3 aromatic rings. The van der Waals surface area contributed by atoms with Crippen LogP contribution in [-0.2, 0) is 0 Å². The number of para-hydroxylation sites is 2. The van der Waals surface area contributed by atoms with E-state index in [1.54, 1.807) is 0 Å². The second-order valence-electron chi connectivity index (χ2n) is 5.28. The van der Waals surface area contributed by atoms with Gasteiger partial charge in [0.2, 0.25) is 0 Å². The van der Waals surface area contributed by atoms with E-state index >= 15 is 0 Å². The highest BCUT2D eigenvalue weighted by molar-refractivity contribution is 6.09. The van der Waals surface area contributed by atoms with Crippen LogP contribution in [0.2, 0.25) is 0 Å². The van der Waals surface area contributed by atoms with E-state index in [-0.39, 0.29) is 0 Å². The van der Waals surface area contributed by atoms with Crippen molar-refractivity contribution in [1.29, 1.82) is 0 Å². The summed E-state index contributed by atoms with van der Waals surface area (Å²) in [5.41, 5.74) is 2.58. The maximum absolute atomic E-state index is 2.32. The van der Waals surface area contributed by atoms with Gasteiger partial charge in [-0.1, -0.05) is 62.2 Å². The standard InChI is InChI=1S/C19H21N/c1-2-3-4-5-10-15-20-18-13-8-6-11-16(18)17-12-7-9-14-19(17)20/h6-15H,2-5H2,1H3. The van der Waals surface area contributed by atoms with Gasteiger partial charge in [0.25, 0.3) is 0 Å². The molecule has 1 nitrogen and oxygen atoms in total. The van der Waals surface area contributed by atoms with E-state index in [1.165, 1.54) is 41.1 Å². The molecule has 0 spiro atoms. The van der Waals surface area contributed by atoms with Gasteiger partial charge in [-0.3, -0.25) is 0 Å². The summed E-state index contributed by atoms with van der Waals surface area (Å²) >= 11 is 0. The van der Waals surface area contributed by atoms with Crippen molar-refractivity contribution in [1.82, 2.24) is 4.57 Å². The molecule has 0 unspecified atom stereocenters. The first-order chi connectivity index (χ1) is 9.92. The summed E-state index contributed by atoms with van der Waals surface area (Å²) in [5, 5.41) is 2.67. The van der Waals surface area contributed by atoms with Crippen LogP contribution in [0.4, 0.5) is 0 Å². The Balaban J connectivity index is 2.03. The zero-order chi connectivity index (χ0) is 13.8. The first-order valence-electron chi connectivity index (χ1n) is 7.56. The Bertz CT molecular complexity index is 680. The molecule has 3 rings (SSSR count). The molecule has 0 saturated carbocycles. The van der Waals surface area contributed by atoms with E-state index in [4.69, 9.17) is 0 Å². The Morgan fingerprint density at radius 2 is 1.45 bits per heavy atom. The van der Waals surface area contributed by atoms with Gasteiger partial charge >= 0.3 is 0 Å². The molecular formula is C19H21N. The highest BCUT2D eigenvalue weighted by Crippen LogP contribution is 2.28. The van der Waals surface area contributed by atoms with Crippen LogP contribution in [0, 0.1) is 0 Å². The van der Waals surface area contributed by atoms with Crippen LogP contribution < -0.4 is 0 Å². The number of allylic oxidation sites excluding steroid dienone is 1. The summed E-state index contributed by atoms with van der Waals surface area (Å²) < 4.78 is 2.32. The monoisotopic (exact) mass is 263 g/mol. The van der Waals surface area contributed by atoms with Crippen molar-refractivity contribution in [3.8, 4) is 0 Å². The first kappa shape index (κ1) is 13.0. The third-order valence-electron chi connectivity index (χ3n) is 3.85. The van der Waals surface area contributed by atoms with Gasteiger partial charge in [0.15, 0.2) is 0 Å². The molecule has 0 atom stereocenters. The number of nitrogens with zero attached hydrogens (tertiary/aromatic N) is 1. The Kier molecular flexibility index (Phi) is 3.87. The van der Waals surface area contributed by atoms with Crippen LogP contribution in [0.25, 0.3) is 28.0 Å². The van der Waals surface area contributed by atoms with E-state index in [0.29, 0.717) is 0 Å². The van der Waals surface area contributed by atoms with Gasteiger partial charge in [-0.05, 0) is 25.0 Å². The van der Waals surface area contributed by atoms with Gasteiger partial charge in [0.05, 0.1) is 11.0 Å². The largest absolute Gasteiger partial charge is 0.316 e. The van der Waals surface area contributed by atoms with Crippen LogP contribution in [-0.4, -0.2) is 4.57 Å². The fourth-order valence-corrected chi connectivity index (χ4v) is 2.81. The normalized spacial score (nSPS) is 11.8. The molecule has 1 aromatic heterocycles. The quantitative estimate of drug-likeness (QED) is 0.509. The lowest BCUT2D eigenvalue weighted by atomic mass is 10.2. The lowest BCUT2D eigenvalue weighted by Gasteiger charge is -2.00. The summed E-state index contributed by atoms with van der Waals surface area (Å²) in [7, 11) is 0. The van der Waals surface area contributed by atoms with Gasteiger partial charge < -0.3 is 4.57 Å². The van der Waals surface area contributed by atoms with Gasteiger partial charge in [0.1, 0.15) is 0 Å². The van der Waals surface area contributed by atoms with Crippen molar-refractivity contribution in [2.24, 2.45) is 0 Å². The van der Waals surface area contributed by atoms with E-state index in [1.807, 2.05) is 0 Å². The minimum Gasteiger partial charge on any atom is -0.316 e. The van der Waals surface area contributed by atoms with Crippen molar-refractivity contribution in [3.05, 3.63) is 54.6 Å². The third kappa shape index (κ3) is 2.36. The van der Waals surface area contributed by atoms with E-state index in [9.17, 15) is 0 Å². The Morgan fingerprint density at radius 1 is 0.850 bits per heavy atom. The van der Waals surface area contributed by atoms with Gasteiger partial charge in [-0.15, -0.1) is 0 Å². The SMILES string of the molecule is CCCCCC=Cn1c2ccccc2c2ccccc21. The molecule has 0 fully saturated rings. The minimum absolute atomic E-state index is 1.16. The van der Waals surface area contributed by atoms with Crippen LogP contribution in [0.15, 0.2) is 54.6 Å². The molecule has 1 heterocycles. The molecule has 0 aliphatic heterocycles. The van der Waals surface area contributed by atoms with Crippen molar-refractivity contribution in [2.75, 3.05) is 0 Å². The molecule has 0 aliphatic rings. The second kappa shape index (κ2) is 5.96. The summed E-state index contributed by atoms with van der Waals surface area (Å²) in [6, 6.07) is 17.3. The summed E-state index contributed by atoms with van der Waals surface area (Å²) in [5.74, 6) is 0. The first-order valence-corrected chi connectivity index (χ1v) is 7.56. The third-order valence-corrected chi connectivity index (χ3v) is 3.85. The topological polar surface area (TPSA) is 4.93 Å². The van der Waals surface area contributed by atoms with Crippen molar-refractivity contribution in [2.45, 2.75) is 32.6 Å². The number of hydrogen-bond donors (Lipinski definition) is 0. The summed E-state index contributed by atoms with van der Waals surface area (Å²) in [6.07, 6.45) is 9.58. The number of benzene rings is 2. The molecule has 102 valence electrons. The predicted molar refractivity (Wildman–Crippen MR) is 88.9 cm³/mol. The summed E-state index contributed by atoms with van der Waals surface area (Å²) in [6.45, 7) is 2.25. The van der Waals surface area contributed by atoms with E-state index in [0.717, 1.165) is 6.42 Å². The average Bonchev–Trinajstić information content (AvgIpc) is 2.82. The molecule has 0 radical (unpaired) electrons. The Hall–Kier alpha value is -2.02. The number of fused-ring (bicyclic) bond motifs is 3. The summed E-state index contributed by atoms with van der Waals surface area (Å²) in [4.78, 5) is 0. The maximum Gasteiger partial charge on any atom is 0.0534 e. The highest BCUT2D eigenvalue weighted by Gasteiger charge is 2.06. The van der Waals surface area contributed by atoms with Crippen molar-refractivity contribution < 1.29 is 0 Å². The fourth-order valence-electron chi connectivity index (χ4n) is 2.81. The van der Waals surface area contributed by atoms with Gasteiger partial charge in [0, 0.05) is 17.0 Å². The van der Waals surface area contributed by atoms with Crippen LogP contribution in [0.1, 0.15) is 32.6 Å². The molecule has 0 saturated heterocycles. The van der Waals surface area contributed by atoms with Crippen molar-refractivity contribution >= 4 is 28.0 Å². The van der Waals surface area contributed by atoms with Crippen LogP contribution >= 0.6 is 0 Å². The second-order valence-corrected chi connectivity index (χ2v) is 5.28. The molecule has 0 bridgehead atoms. The fraction of sp³-hybridized carbons (Fsp3) is 0.263. The zero-order valence-electron chi connectivity index (χ0n) is 12.0. The number of aromatic nitrogens is 1.